The summed E-state index contributed by atoms with van der Waals surface area (Å²) >= 11 is 5.61. The average molecular weight is 289 g/mol. The van der Waals surface area contributed by atoms with Crippen molar-refractivity contribution in [1.29, 1.82) is 0 Å². The van der Waals surface area contributed by atoms with Crippen LogP contribution in [0.2, 0.25) is 0 Å². The van der Waals surface area contributed by atoms with E-state index in [1.807, 2.05) is 0 Å². The van der Waals surface area contributed by atoms with Gasteiger partial charge in [0, 0.05) is 6.04 Å². The number of hydrogen-bond donors (Lipinski definition) is 2. The molecule has 0 bridgehead atoms. The summed E-state index contributed by atoms with van der Waals surface area (Å²) in [5, 5.41) is 4.44. The maximum Gasteiger partial charge on any atom is 0.321 e. The molecule has 0 saturated heterocycles. The zero-order valence-corrected chi connectivity index (χ0v) is 13.2. The first-order valence-electron chi connectivity index (χ1n) is 6.76. The zero-order valence-electron chi connectivity index (χ0n) is 12.5. The number of carbonyl (C=O) groups is 2. The second-order valence-electron chi connectivity index (χ2n) is 7.19. The topological polar surface area (TPSA) is 58.2 Å². The summed E-state index contributed by atoms with van der Waals surface area (Å²) < 4.78 is 0. The van der Waals surface area contributed by atoms with Gasteiger partial charge in [-0.25, -0.2) is 4.79 Å². The van der Waals surface area contributed by atoms with E-state index in [2.05, 4.69) is 38.3 Å². The molecule has 1 fully saturated rings. The van der Waals surface area contributed by atoms with Gasteiger partial charge in [0.15, 0.2) is 0 Å². The molecular weight excluding hydrogens is 264 g/mol. The molecule has 1 saturated carbocycles. The van der Waals surface area contributed by atoms with Crippen molar-refractivity contribution in [3.05, 3.63) is 0 Å². The van der Waals surface area contributed by atoms with Crippen LogP contribution in [0.4, 0.5) is 4.79 Å². The molecule has 1 unspecified atom stereocenters. The maximum absolute atomic E-state index is 11.7. The van der Waals surface area contributed by atoms with Crippen LogP contribution in [0.5, 0.6) is 0 Å². The second-order valence-corrected chi connectivity index (χ2v) is 7.84. The van der Waals surface area contributed by atoms with E-state index < -0.39 is 17.3 Å². The molecule has 0 spiro atoms. The standard InChI is InChI=1S/C14H25ClN2O2/c1-9(15)11(18)17-12(19)16-10-6-13(2,3)8-14(4,5)7-10/h9-10H,6-8H2,1-5H3,(H2,16,17,18,19). The zero-order chi connectivity index (χ0) is 14.8. The van der Waals surface area contributed by atoms with Gasteiger partial charge in [-0.3, -0.25) is 10.1 Å². The van der Waals surface area contributed by atoms with Gasteiger partial charge >= 0.3 is 6.03 Å². The third kappa shape index (κ3) is 5.39. The first-order valence-corrected chi connectivity index (χ1v) is 7.20. The van der Waals surface area contributed by atoms with Crippen molar-refractivity contribution in [1.82, 2.24) is 10.6 Å². The summed E-state index contributed by atoms with van der Waals surface area (Å²) in [7, 11) is 0. The minimum Gasteiger partial charge on any atom is -0.335 e. The number of imide groups is 1. The van der Waals surface area contributed by atoms with Crippen LogP contribution in [-0.4, -0.2) is 23.4 Å². The van der Waals surface area contributed by atoms with Crippen LogP contribution < -0.4 is 10.6 Å². The highest BCUT2D eigenvalue weighted by Crippen LogP contribution is 2.45. The van der Waals surface area contributed by atoms with Crippen molar-refractivity contribution in [3.8, 4) is 0 Å². The van der Waals surface area contributed by atoms with E-state index in [-0.39, 0.29) is 16.9 Å². The molecule has 1 aliphatic rings. The summed E-state index contributed by atoms with van der Waals surface area (Å²) in [4.78, 5) is 23.1. The highest BCUT2D eigenvalue weighted by atomic mass is 35.5. The highest BCUT2D eigenvalue weighted by Gasteiger charge is 2.39. The Balaban J connectivity index is 2.57. The van der Waals surface area contributed by atoms with Gasteiger partial charge in [0.2, 0.25) is 5.91 Å². The van der Waals surface area contributed by atoms with E-state index in [4.69, 9.17) is 11.6 Å². The van der Waals surface area contributed by atoms with Gasteiger partial charge in [-0.05, 0) is 37.0 Å². The van der Waals surface area contributed by atoms with E-state index in [0.29, 0.717) is 0 Å². The monoisotopic (exact) mass is 288 g/mol. The van der Waals surface area contributed by atoms with E-state index in [1.165, 1.54) is 6.92 Å². The normalized spacial score (nSPS) is 23.5. The molecule has 0 aliphatic heterocycles. The molecule has 110 valence electrons. The first-order chi connectivity index (χ1) is 8.51. The quantitative estimate of drug-likeness (QED) is 0.767. The SMILES string of the molecule is CC(Cl)C(=O)NC(=O)NC1CC(C)(C)CC(C)(C)C1. The van der Waals surface area contributed by atoms with Gasteiger partial charge in [-0.2, -0.15) is 0 Å². The van der Waals surface area contributed by atoms with Crippen LogP contribution >= 0.6 is 11.6 Å². The van der Waals surface area contributed by atoms with Gasteiger partial charge in [0.25, 0.3) is 0 Å². The van der Waals surface area contributed by atoms with E-state index in [0.717, 1.165) is 19.3 Å². The number of amides is 3. The highest BCUT2D eigenvalue weighted by molar-refractivity contribution is 6.31. The summed E-state index contributed by atoms with van der Waals surface area (Å²) in [5.41, 5.74) is 0.396. The fourth-order valence-electron chi connectivity index (χ4n) is 3.38. The summed E-state index contributed by atoms with van der Waals surface area (Å²) in [6.07, 6.45) is 2.99. The Morgan fingerprint density at radius 2 is 1.63 bits per heavy atom. The average Bonchev–Trinajstić information content (AvgIpc) is 2.10. The van der Waals surface area contributed by atoms with E-state index >= 15 is 0 Å². The molecule has 19 heavy (non-hydrogen) atoms. The Hall–Kier alpha value is -0.770. The smallest absolute Gasteiger partial charge is 0.321 e. The Labute approximate surface area is 120 Å². The van der Waals surface area contributed by atoms with Gasteiger partial charge in [0.05, 0.1) is 0 Å². The van der Waals surface area contributed by atoms with Gasteiger partial charge < -0.3 is 5.32 Å². The molecule has 0 radical (unpaired) electrons. The Morgan fingerprint density at radius 1 is 1.16 bits per heavy atom. The fraction of sp³-hybridized carbons (Fsp3) is 0.857. The molecule has 2 N–H and O–H groups in total. The van der Waals surface area contributed by atoms with Crippen molar-refractivity contribution < 1.29 is 9.59 Å². The van der Waals surface area contributed by atoms with Gasteiger partial charge in [0.1, 0.15) is 5.38 Å². The molecule has 1 aliphatic carbocycles. The number of halogens is 1. The van der Waals surface area contributed by atoms with Crippen LogP contribution in [0.15, 0.2) is 0 Å². The lowest BCUT2D eigenvalue weighted by atomic mass is 9.63. The summed E-state index contributed by atoms with van der Waals surface area (Å²) in [6, 6.07) is -0.354. The van der Waals surface area contributed by atoms with Crippen molar-refractivity contribution >= 4 is 23.5 Å². The Kier molecular flexibility index (Phi) is 4.88. The second kappa shape index (κ2) is 5.70. The Bertz CT molecular complexity index is 348. The molecule has 0 aromatic rings. The molecule has 1 rings (SSSR count). The first kappa shape index (κ1) is 16.3. The van der Waals surface area contributed by atoms with Crippen LogP contribution in [0.25, 0.3) is 0 Å². The third-order valence-corrected chi connectivity index (χ3v) is 3.69. The lowest BCUT2D eigenvalue weighted by Gasteiger charge is -2.45. The van der Waals surface area contributed by atoms with Crippen molar-refractivity contribution in [2.24, 2.45) is 10.8 Å². The Morgan fingerprint density at radius 3 is 2.05 bits per heavy atom. The van der Waals surface area contributed by atoms with Crippen molar-refractivity contribution in [3.63, 3.8) is 0 Å². The van der Waals surface area contributed by atoms with Crippen LogP contribution in [-0.2, 0) is 4.79 Å². The van der Waals surface area contributed by atoms with Crippen LogP contribution in [0, 0.1) is 10.8 Å². The molecule has 0 aromatic heterocycles. The fourth-order valence-corrected chi connectivity index (χ4v) is 3.44. The predicted molar refractivity (Wildman–Crippen MR) is 77.2 cm³/mol. The molecular formula is C14H25ClN2O2. The molecule has 4 nitrogen and oxygen atoms in total. The number of hydrogen-bond acceptors (Lipinski definition) is 2. The maximum atomic E-state index is 11.7. The molecule has 5 heteroatoms. The van der Waals surface area contributed by atoms with E-state index in [1.54, 1.807) is 0 Å². The molecule has 0 heterocycles. The largest absolute Gasteiger partial charge is 0.335 e. The third-order valence-electron chi connectivity index (χ3n) is 3.49. The minimum atomic E-state index is -0.704. The number of urea groups is 1. The van der Waals surface area contributed by atoms with Crippen LogP contribution in [0.1, 0.15) is 53.9 Å². The lowest BCUT2D eigenvalue weighted by Crippen LogP contribution is -2.51. The van der Waals surface area contributed by atoms with Crippen molar-refractivity contribution in [2.75, 3.05) is 0 Å². The van der Waals surface area contributed by atoms with Gasteiger partial charge in [-0.1, -0.05) is 27.7 Å². The number of rotatable bonds is 2. The number of nitrogens with one attached hydrogen (secondary N) is 2. The van der Waals surface area contributed by atoms with Gasteiger partial charge in [-0.15, -0.1) is 11.6 Å². The van der Waals surface area contributed by atoms with Crippen LogP contribution in [0.3, 0.4) is 0 Å². The summed E-state index contributed by atoms with van der Waals surface area (Å²) in [6.45, 7) is 10.4. The number of alkyl halides is 1. The van der Waals surface area contributed by atoms with E-state index in [9.17, 15) is 9.59 Å². The van der Waals surface area contributed by atoms with Crippen molar-refractivity contribution in [2.45, 2.75) is 65.3 Å². The minimum absolute atomic E-state index is 0.0946. The predicted octanol–water partition coefficient (Wildman–Crippen LogP) is 3.04. The molecule has 3 amide bonds. The number of carbonyl (C=O) groups excluding carboxylic acids is 2. The molecule has 1 atom stereocenters. The lowest BCUT2D eigenvalue weighted by molar-refractivity contribution is -0.119. The summed E-state index contributed by atoms with van der Waals surface area (Å²) in [5.74, 6) is -0.464. The molecule has 0 aromatic carbocycles.